The molecular weight excluding hydrogens is 346 g/mol. The van der Waals surface area contributed by atoms with Gasteiger partial charge in [-0.2, -0.15) is 0 Å². The molecule has 3 nitrogen and oxygen atoms in total. The molecular formula is C25H25NO2. The van der Waals surface area contributed by atoms with Crippen LogP contribution in [0.2, 0.25) is 0 Å². The molecule has 5 rings (SSSR count). The number of ether oxygens (including phenoxy) is 2. The first kappa shape index (κ1) is 17.5. The molecule has 142 valence electrons. The number of rotatable bonds is 5. The van der Waals surface area contributed by atoms with Crippen molar-refractivity contribution in [2.45, 2.75) is 31.8 Å². The first-order valence-corrected chi connectivity index (χ1v) is 10.0. The standard InChI is InChI=1S/C25H25NO2/c1-3-7-19(8-4-1)14-26-15-24-23-13-22(27-17-20-9-5-2-6-10-20)12-11-21(23)18-28-25(24)16-26/h1-13,24-25H,14-18H2/t24-,25+/m0/s1. The Bertz CT molecular complexity index is 926. The van der Waals surface area contributed by atoms with E-state index in [0.29, 0.717) is 19.1 Å². The largest absolute Gasteiger partial charge is 0.489 e. The molecule has 1 saturated heterocycles. The van der Waals surface area contributed by atoms with Gasteiger partial charge in [0.15, 0.2) is 0 Å². The predicted octanol–water partition coefficient (Wildman–Crippen LogP) is 4.76. The Labute approximate surface area is 166 Å². The Hall–Kier alpha value is -2.62. The molecule has 2 aliphatic rings. The van der Waals surface area contributed by atoms with Gasteiger partial charge in [0.2, 0.25) is 0 Å². The van der Waals surface area contributed by atoms with E-state index in [-0.39, 0.29) is 6.10 Å². The second-order valence-corrected chi connectivity index (χ2v) is 7.77. The van der Waals surface area contributed by atoms with Crippen molar-refractivity contribution in [3.05, 3.63) is 101 Å². The summed E-state index contributed by atoms with van der Waals surface area (Å²) in [6.45, 7) is 4.32. The molecule has 0 bridgehead atoms. The molecule has 0 aliphatic carbocycles. The molecule has 0 radical (unpaired) electrons. The Kier molecular flexibility index (Phi) is 4.86. The normalized spacial score (nSPS) is 21.1. The molecule has 3 aromatic carbocycles. The molecule has 2 aliphatic heterocycles. The summed E-state index contributed by atoms with van der Waals surface area (Å²) < 4.78 is 12.3. The summed E-state index contributed by atoms with van der Waals surface area (Å²) in [5.41, 5.74) is 5.25. The zero-order valence-electron chi connectivity index (χ0n) is 16.0. The minimum absolute atomic E-state index is 0.278. The highest BCUT2D eigenvalue weighted by molar-refractivity contribution is 5.40. The molecule has 0 N–H and O–H groups in total. The maximum Gasteiger partial charge on any atom is 0.120 e. The lowest BCUT2D eigenvalue weighted by Gasteiger charge is -2.28. The van der Waals surface area contributed by atoms with Gasteiger partial charge in [0.05, 0.1) is 12.7 Å². The van der Waals surface area contributed by atoms with Crippen LogP contribution < -0.4 is 4.74 Å². The van der Waals surface area contributed by atoms with Crippen molar-refractivity contribution < 1.29 is 9.47 Å². The van der Waals surface area contributed by atoms with Crippen molar-refractivity contribution in [1.82, 2.24) is 4.90 Å². The highest BCUT2D eigenvalue weighted by Crippen LogP contribution is 2.38. The fraction of sp³-hybridized carbons (Fsp3) is 0.280. The average molecular weight is 371 g/mol. The highest BCUT2D eigenvalue weighted by atomic mass is 16.5. The molecule has 0 unspecified atom stereocenters. The van der Waals surface area contributed by atoms with Crippen molar-refractivity contribution >= 4 is 0 Å². The van der Waals surface area contributed by atoms with E-state index in [4.69, 9.17) is 9.47 Å². The topological polar surface area (TPSA) is 21.7 Å². The van der Waals surface area contributed by atoms with Crippen LogP contribution in [0.5, 0.6) is 5.75 Å². The van der Waals surface area contributed by atoms with Gasteiger partial charge in [0.25, 0.3) is 0 Å². The Balaban J connectivity index is 1.30. The zero-order valence-corrected chi connectivity index (χ0v) is 16.0. The number of hydrogen-bond donors (Lipinski definition) is 0. The lowest BCUT2D eigenvalue weighted by atomic mass is 9.89. The molecule has 0 aromatic heterocycles. The van der Waals surface area contributed by atoms with Gasteiger partial charge in [-0.15, -0.1) is 0 Å². The Morgan fingerprint density at radius 3 is 2.39 bits per heavy atom. The van der Waals surface area contributed by atoms with Gasteiger partial charge >= 0.3 is 0 Å². The van der Waals surface area contributed by atoms with Crippen LogP contribution in [0.15, 0.2) is 78.9 Å². The number of benzene rings is 3. The third-order valence-corrected chi connectivity index (χ3v) is 5.81. The Morgan fingerprint density at radius 2 is 1.61 bits per heavy atom. The molecule has 3 aromatic rings. The van der Waals surface area contributed by atoms with E-state index in [1.165, 1.54) is 22.3 Å². The maximum absolute atomic E-state index is 6.18. The van der Waals surface area contributed by atoms with Gasteiger partial charge in [-0.3, -0.25) is 4.90 Å². The maximum atomic E-state index is 6.18. The second-order valence-electron chi connectivity index (χ2n) is 7.77. The van der Waals surface area contributed by atoms with Crippen LogP contribution in [0.4, 0.5) is 0 Å². The van der Waals surface area contributed by atoms with Crippen molar-refractivity contribution in [2.75, 3.05) is 13.1 Å². The van der Waals surface area contributed by atoms with Gasteiger partial charge in [-0.25, -0.2) is 0 Å². The second kappa shape index (κ2) is 7.78. The molecule has 2 atom stereocenters. The van der Waals surface area contributed by atoms with Crippen LogP contribution in [-0.4, -0.2) is 24.1 Å². The van der Waals surface area contributed by atoms with Crippen molar-refractivity contribution in [1.29, 1.82) is 0 Å². The van der Waals surface area contributed by atoms with Crippen molar-refractivity contribution in [3.63, 3.8) is 0 Å². The molecule has 28 heavy (non-hydrogen) atoms. The fourth-order valence-electron chi connectivity index (χ4n) is 4.37. The minimum atomic E-state index is 0.278. The molecule has 0 amide bonds. The fourth-order valence-corrected chi connectivity index (χ4v) is 4.37. The van der Waals surface area contributed by atoms with E-state index in [9.17, 15) is 0 Å². The van der Waals surface area contributed by atoms with E-state index < -0.39 is 0 Å². The van der Waals surface area contributed by atoms with E-state index in [1.54, 1.807) is 0 Å². The van der Waals surface area contributed by atoms with E-state index in [0.717, 1.165) is 25.4 Å². The summed E-state index contributed by atoms with van der Waals surface area (Å²) in [6.07, 6.45) is 0.278. The first-order valence-electron chi connectivity index (χ1n) is 10.0. The van der Waals surface area contributed by atoms with Crippen LogP contribution in [0.1, 0.15) is 28.2 Å². The molecule has 0 spiro atoms. The van der Waals surface area contributed by atoms with Crippen LogP contribution in [-0.2, 0) is 24.5 Å². The van der Waals surface area contributed by atoms with Gasteiger partial charge in [-0.05, 0) is 34.4 Å². The third-order valence-electron chi connectivity index (χ3n) is 5.81. The summed E-state index contributed by atoms with van der Waals surface area (Å²) in [5.74, 6) is 1.37. The van der Waals surface area contributed by atoms with E-state index in [2.05, 4.69) is 65.6 Å². The molecule has 0 saturated carbocycles. The van der Waals surface area contributed by atoms with Gasteiger partial charge < -0.3 is 9.47 Å². The third kappa shape index (κ3) is 3.68. The van der Waals surface area contributed by atoms with Gasteiger partial charge in [-0.1, -0.05) is 66.7 Å². The average Bonchev–Trinajstić information content (AvgIpc) is 3.16. The SMILES string of the molecule is c1ccc(COc2ccc3c(c2)[C@@H]2CN(Cc4ccccc4)C[C@H]2OC3)cc1. The Morgan fingerprint density at radius 1 is 0.857 bits per heavy atom. The molecule has 1 fully saturated rings. The van der Waals surface area contributed by atoms with Gasteiger partial charge in [0.1, 0.15) is 12.4 Å². The monoisotopic (exact) mass is 371 g/mol. The smallest absolute Gasteiger partial charge is 0.120 e. The number of likely N-dealkylation sites (tertiary alicyclic amines) is 1. The number of fused-ring (bicyclic) bond motifs is 3. The summed E-state index contributed by atoms with van der Waals surface area (Å²) in [6, 6.07) is 27.5. The summed E-state index contributed by atoms with van der Waals surface area (Å²) in [5, 5.41) is 0. The van der Waals surface area contributed by atoms with Crippen LogP contribution in [0.25, 0.3) is 0 Å². The summed E-state index contributed by atoms with van der Waals surface area (Å²) in [7, 11) is 0. The van der Waals surface area contributed by atoms with Crippen LogP contribution in [0, 0.1) is 0 Å². The summed E-state index contributed by atoms with van der Waals surface area (Å²) >= 11 is 0. The lowest BCUT2D eigenvalue weighted by molar-refractivity contribution is 0.0248. The van der Waals surface area contributed by atoms with Crippen molar-refractivity contribution in [3.8, 4) is 5.75 Å². The minimum Gasteiger partial charge on any atom is -0.489 e. The molecule has 2 heterocycles. The first-order chi connectivity index (χ1) is 13.8. The molecule has 3 heteroatoms. The zero-order chi connectivity index (χ0) is 18.8. The quantitative estimate of drug-likeness (QED) is 0.645. The highest BCUT2D eigenvalue weighted by Gasteiger charge is 2.38. The lowest BCUT2D eigenvalue weighted by Crippen LogP contribution is -2.27. The van der Waals surface area contributed by atoms with E-state index in [1.807, 2.05) is 18.2 Å². The van der Waals surface area contributed by atoms with Crippen LogP contribution >= 0.6 is 0 Å². The van der Waals surface area contributed by atoms with Crippen LogP contribution in [0.3, 0.4) is 0 Å². The number of hydrogen-bond acceptors (Lipinski definition) is 3. The predicted molar refractivity (Wildman–Crippen MR) is 110 cm³/mol. The van der Waals surface area contributed by atoms with Gasteiger partial charge in [0, 0.05) is 25.6 Å². The number of nitrogens with zero attached hydrogens (tertiary/aromatic N) is 1. The van der Waals surface area contributed by atoms with Crippen molar-refractivity contribution in [2.24, 2.45) is 0 Å². The van der Waals surface area contributed by atoms with E-state index >= 15 is 0 Å². The summed E-state index contributed by atoms with van der Waals surface area (Å²) in [4.78, 5) is 2.51.